The second-order valence-electron chi connectivity index (χ2n) is 2.87. The number of benzene rings is 1. The molecule has 2 nitrogen and oxygen atoms in total. The lowest BCUT2D eigenvalue weighted by atomic mass is 10.1. The van der Waals surface area contributed by atoms with E-state index in [9.17, 15) is 13.6 Å². The molecule has 2 aromatic rings. The number of halogens is 2. The van der Waals surface area contributed by atoms with Crippen molar-refractivity contribution in [1.29, 1.82) is 0 Å². The Balaban J connectivity index is 2.53. The second-order valence-corrected chi connectivity index (χ2v) is 2.87. The van der Waals surface area contributed by atoms with Crippen molar-refractivity contribution in [3.05, 3.63) is 47.7 Å². The first-order valence-corrected chi connectivity index (χ1v) is 4.15. The summed E-state index contributed by atoms with van der Waals surface area (Å²) in [6.45, 7) is 0. The summed E-state index contributed by atoms with van der Waals surface area (Å²) in [4.78, 5) is 10.2. The van der Waals surface area contributed by atoms with Crippen LogP contribution in [0, 0.1) is 11.6 Å². The van der Waals surface area contributed by atoms with E-state index in [1.807, 2.05) is 0 Å². The number of hydrogen-bond donors (Lipinski definition) is 0. The van der Waals surface area contributed by atoms with Gasteiger partial charge in [-0.2, -0.15) is 0 Å². The molecule has 0 saturated heterocycles. The molecule has 1 aromatic carbocycles. The molecule has 0 saturated carbocycles. The lowest BCUT2D eigenvalue weighted by Crippen LogP contribution is -1.87. The Kier molecular flexibility index (Phi) is 2.33. The minimum absolute atomic E-state index is 0.0171. The van der Waals surface area contributed by atoms with Crippen molar-refractivity contribution < 1.29 is 18.0 Å². The molecule has 0 N–H and O–H groups in total. The molecule has 0 spiro atoms. The second kappa shape index (κ2) is 3.65. The summed E-state index contributed by atoms with van der Waals surface area (Å²) in [6, 6.07) is 6.46. The number of hydrogen-bond acceptors (Lipinski definition) is 2. The van der Waals surface area contributed by atoms with Gasteiger partial charge in [0, 0.05) is 0 Å². The largest absolute Gasteiger partial charge is 0.452 e. The molecule has 15 heavy (non-hydrogen) atoms. The van der Waals surface area contributed by atoms with Crippen molar-refractivity contribution in [1.82, 2.24) is 0 Å². The van der Waals surface area contributed by atoms with Crippen molar-refractivity contribution in [2.45, 2.75) is 0 Å². The predicted octanol–water partition coefficient (Wildman–Crippen LogP) is 2.68. The monoisotopic (exact) mass is 207 g/mol. The summed E-state index contributed by atoms with van der Waals surface area (Å²) in [5, 5.41) is 0. The van der Waals surface area contributed by atoms with Gasteiger partial charge in [0.1, 0.15) is 5.76 Å². The first-order valence-electron chi connectivity index (χ1n) is 4.15. The summed E-state index contributed by atoms with van der Waals surface area (Å²) < 4.78 is 31.1. The Bertz CT molecular complexity index is 503. The van der Waals surface area contributed by atoms with E-state index >= 15 is 0 Å². The van der Waals surface area contributed by atoms with E-state index in [0.29, 0.717) is 0 Å². The van der Waals surface area contributed by atoms with E-state index in [1.54, 1.807) is 0 Å². The van der Waals surface area contributed by atoms with Crippen LogP contribution in [-0.2, 0) is 4.79 Å². The van der Waals surface area contributed by atoms with Gasteiger partial charge >= 0.3 is 0 Å². The molecular formula is C11H5F2O2. The van der Waals surface area contributed by atoms with Gasteiger partial charge in [-0.05, 0) is 24.3 Å². The van der Waals surface area contributed by atoms with Crippen molar-refractivity contribution in [2.24, 2.45) is 0 Å². The smallest absolute Gasteiger partial charge is 0.271 e. The third-order valence-corrected chi connectivity index (χ3v) is 1.92. The first-order chi connectivity index (χ1) is 7.22. The average Bonchev–Trinajstić information content (AvgIpc) is 2.70. The normalized spacial score (nSPS) is 10.3. The molecule has 0 atom stereocenters. The molecule has 4 heteroatoms. The molecule has 1 heterocycles. The Labute approximate surface area is 84.1 Å². The van der Waals surface area contributed by atoms with Crippen LogP contribution in [0.2, 0.25) is 0 Å². The van der Waals surface area contributed by atoms with Crippen molar-refractivity contribution in [3.8, 4) is 11.3 Å². The highest BCUT2D eigenvalue weighted by atomic mass is 19.2. The van der Waals surface area contributed by atoms with Gasteiger partial charge in [0.2, 0.25) is 0 Å². The minimum Gasteiger partial charge on any atom is -0.452 e. The Hall–Kier alpha value is -1.97. The molecule has 0 unspecified atom stereocenters. The molecule has 0 bridgehead atoms. The zero-order valence-corrected chi connectivity index (χ0v) is 7.46. The zero-order chi connectivity index (χ0) is 10.8. The Morgan fingerprint density at radius 1 is 1.13 bits per heavy atom. The minimum atomic E-state index is -0.996. The Morgan fingerprint density at radius 3 is 2.60 bits per heavy atom. The molecule has 1 radical (unpaired) electrons. The van der Waals surface area contributed by atoms with Crippen LogP contribution in [0.1, 0.15) is 5.76 Å². The van der Waals surface area contributed by atoms with Gasteiger partial charge in [0.15, 0.2) is 17.4 Å². The fraction of sp³-hybridized carbons (Fsp3) is 0. The molecule has 0 amide bonds. The fourth-order valence-corrected chi connectivity index (χ4v) is 1.23. The molecular weight excluding hydrogens is 202 g/mol. The van der Waals surface area contributed by atoms with Crippen LogP contribution in [0.4, 0.5) is 8.78 Å². The SMILES string of the molecule is O=[C]c1ccc(-c2cccc(F)c2F)o1. The quantitative estimate of drug-likeness (QED) is 0.757. The van der Waals surface area contributed by atoms with Gasteiger partial charge in [0.05, 0.1) is 5.56 Å². The van der Waals surface area contributed by atoms with Crippen LogP contribution in [-0.4, -0.2) is 6.29 Å². The highest BCUT2D eigenvalue weighted by Crippen LogP contribution is 2.25. The van der Waals surface area contributed by atoms with Gasteiger partial charge in [-0.1, -0.05) is 6.07 Å². The third kappa shape index (κ3) is 1.66. The van der Waals surface area contributed by atoms with E-state index in [1.165, 1.54) is 30.6 Å². The maximum absolute atomic E-state index is 13.3. The highest BCUT2D eigenvalue weighted by molar-refractivity contribution is 5.73. The van der Waals surface area contributed by atoms with Crippen molar-refractivity contribution in [3.63, 3.8) is 0 Å². The average molecular weight is 207 g/mol. The molecule has 0 aliphatic heterocycles. The van der Waals surface area contributed by atoms with E-state index in [4.69, 9.17) is 4.42 Å². The van der Waals surface area contributed by atoms with E-state index in [-0.39, 0.29) is 17.1 Å². The van der Waals surface area contributed by atoms with Crippen LogP contribution in [0.15, 0.2) is 34.7 Å². The lowest BCUT2D eigenvalue weighted by Gasteiger charge is -1.99. The maximum atomic E-state index is 13.3. The number of rotatable bonds is 2. The molecule has 0 aliphatic carbocycles. The van der Waals surface area contributed by atoms with E-state index in [0.717, 1.165) is 6.07 Å². The summed E-state index contributed by atoms with van der Waals surface area (Å²) in [6.07, 6.45) is 1.52. The summed E-state index contributed by atoms with van der Waals surface area (Å²) in [5.41, 5.74) is -0.0171. The third-order valence-electron chi connectivity index (χ3n) is 1.92. The lowest BCUT2D eigenvalue weighted by molar-refractivity contribution is 0.499. The number of carbonyl (C=O) groups excluding carboxylic acids is 1. The van der Waals surface area contributed by atoms with Crippen LogP contribution in [0.5, 0.6) is 0 Å². The van der Waals surface area contributed by atoms with Crippen LogP contribution < -0.4 is 0 Å². The Morgan fingerprint density at radius 2 is 1.93 bits per heavy atom. The molecule has 75 valence electrons. The molecule has 1 aromatic heterocycles. The van der Waals surface area contributed by atoms with E-state index in [2.05, 4.69) is 0 Å². The van der Waals surface area contributed by atoms with Crippen LogP contribution in [0.3, 0.4) is 0 Å². The van der Waals surface area contributed by atoms with Gasteiger partial charge in [-0.25, -0.2) is 8.78 Å². The van der Waals surface area contributed by atoms with Crippen molar-refractivity contribution in [2.75, 3.05) is 0 Å². The topological polar surface area (TPSA) is 30.2 Å². The zero-order valence-electron chi connectivity index (χ0n) is 7.46. The first kappa shape index (κ1) is 9.58. The summed E-state index contributed by atoms with van der Waals surface area (Å²) in [7, 11) is 0. The maximum Gasteiger partial charge on any atom is 0.271 e. The van der Waals surface area contributed by atoms with E-state index < -0.39 is 11.6 Å². The van der Waals surface area contributed by atoms with Crippen molar-refractivity contribution >= 4 is 6.29 Å². The fourth-order valence-electron chi connectivity index (χ4n) is 1.23. The van der Waals surface area contributed by atoms with Gasteiger partial charge in [-0.3, -0.25) is 4.79 Å². The standard InChI is InChI=1S/C11H5F2O2/c12-9-3-1-2-8(11(9)13)10-5-4-7(6-14)15-10/h1-5H. The predicted molar refractivity (Wildman–Crippen MR) is 48.9 cm³/mol. The molecule has 2 rings (SSSR count). The van der Waals surface area contributed by atoms with Gasteiger partial charge < -0.3 is 4.42 Å². The summed E-state index contributed by atoms with van der Waals surface area (Å²) in [5.74, 6) is -1.90. The summed E-state index contributed by atoms with van der Waals surface area (Å²) >= 11 is 0. The van der Waals surface area contributed by atoms with Gasteiger partial charge in [0.25, 0.3) is 6.29 Å². The number of furan rings is 1. The highest BCUT2D eigenvalue weighted by Gasteiger charge is 2.12. The van der Waals surface area contributed by atoms with Crippen LogP contribution >= 0.6 is 0 Å². The molecule has 0 fully saturated rings. The molecule has 0 aliphatic rings. The van der Waals surface area contributed by atoms with Crippen LogP contribution in [0.25, 0.3) is 11.3 Å². The van der Waals surface area contributed by atoms with Gasteiger partial charge in [-0.15, -0.1) is 0 Å².